The van der Waals surface area contributed by atoms with Gasteiger partial charge in [-0.15, -0.1) is 0 Å². The Balaban J connectivity index is 1.08. The maximum atomic E-state index is 5.27. The molecule has 0 atom stereocenters. The second kappa shape index (κ2) is 13.0. The van der Waals surface area contributed by atoms with Crippen molar-refractivity contribution < 1.29 is 0 Å². The molecule has 3 aliphatic rings. The molecule has 3 heteroatoms. The summed E-state index contributed by atoms with van der Waals surface area (Å²) < 4.78 is 2.46. The van der Waals surface area contributed by atoms with Crippen molar-refractivity contribution in [1.82, 2.24) is 4.57 Å². The molecule has 0 bridgehead atoms. The van der Waals surface area contributed by atoms with Crippen LogP contribution < -0.4 is 0 Å². The first-order valence-corrected chi connectivity index (χ1v) is 19.0. The van der Waals surface area contributed by atoms with Crippen LogP contribution >= 0.6 is 0 Å². The summed E-state index contributed by atoms with van der Waals surface area (Å²) in [7, 11) is 0. The van der Waals surface area contributed by atoms with E-state index in [0.29, 0.717) is 5.84 Å². The zero-order chi connectivity index (χ0) is 36.2. The highest BCUT2D eigenvalue weighted by Crippen LogP contribution is 2.46. The van der Waals surface area contributed by atoms with Crippen molar-refractivity contribution in [3.8, 4) is 11.1 Å². The van der Waals surface area contributed by atoms with Gasteiger partial charge in [0.25, 0.3) is 0 Å². The van der Waals surface area contributed by atoms with Crippen LogP contribution in [-0.4, -0.2) is 16.1 Å². The molecule has 53 heavy (non-hydrogen) atoms. The van der Waals surface area contributed by atoms with Crippen molar-refractivity contribution >= 4 is 44.7 Å². The Morgan fingerprint density at radius 2 is 1.25 bits per heavy atom. The van der Waals surface area contributed by atoms with E-state index in [1.807, 2.05) is 6.07 Å². The second-order valence-corrected chi connectivity index (χ2v) is 16.0. The second-order valence-electron chi connectivity index (χ2n) is 16.0. The molecule has 5 aromatic carbocycles. The predicted molar refractivity (Wildman–Crippen MR) is 226 cm³/mol. The monoisotopic (exact) mass is 687 g/mol. The number of fused-ring (bicyclic) bond motifs is 4. The Hall–Kier alpha value is -5.80. The lowest BCUT2D eigenvalue weighted by molar-refractivity contribution is 0.332. The van der Waals surface area contributed by atoms with Gasteiger partial charge < -0.3 is 4.57 Å². The van der Waals surface area contributed by atoms with Crippen LogP contribution in [0.5, 0.6) is 0 Å². The molecule has 2 aliphatic carbocycles. The normalized spacial score (nSPS) is 21.3. The topological polar surface area (TPSA) is 29.6 Å². The number of benzene rings is 5. The first-order chi connectivity index (χ1) is 25.7. The van der Waals surface area contributed by atoms with Crippen LogP contribution in [0.3, 0.4) is 0 Å². The zero-order valence-corrected chi connectivity index (χ0v) is 31.1. The van der Waals surface area contributed by atoms with Gasteiger partial charge in [0, 0.05) is 33.2 Å². The van der Waals surface area contributed by atoms with Crippen molar-refractivity contribution in [2.75, 3.05) is 0 Å². The van der Waals surface area contributed by atoms with Gasteiger partial charge in [0.1, 0.15) is 0 Å². The molecule has 1 aliphatic heterocycles. The first-order valence-electron chi connectivity index (χ1n) is 19.0. The number of aromatic nitrogens is 1. The summed E-state index contributed by atoms with van der Waals surface area (Å²) in [4.78, 5) is 10.5. The van der Waals surface area contributed by atoms with E-state index in [0.717, 1.165) is 40.9 Å². The maximum absolute atomic E-state index is 5.27. The molecule has 9 rings (SSSR count). The van der Waals surface area contributed by atoms with Crippen molar-refractivity contribution in [1.29, 1.82) is 0 Å². The molecule has 0 saturated carbocycles. The number of allylic oxidation sites excluding steroid dienone is 7. The highest BCUT2D eigenvalue weighted by Gasteiger charge is 2.37. The average molecular weight is 688 g/mol. The number of aliphatic imine (C=N–C) groups is 2. The molecule has 0 N–H and O–H groups in total. The van der Waals surface area contributed by atoms with Crippen molar-refractivity contribution in [2.24, 2.45) is 9.98 Å². The van der Waals surface area contributed by atoms with Crippen molar-refractivity contribution in [3.05, 3.63) is 180 Å². The summed E-state index contributed by atoms with van der Waals surface area (Å²) in [6.45, 7) is 9.50. The lowest BCUT2D eigenvalue weighted by Crippen LogP contribution is -2.33. The average Bonchev–Trinajstić information content (AvgIpc) is 3.51. The lowest BCUT2D eigenvalue weighted by atomic mass is 9.63. The Morgan fingerprint density at radius 3 is 2.04 bits per heavy atom. The van der Waals surface area contributed by atoms with Gasteiger partial charge in [-0.25, -0.2) is 9.98 Å². The number of para-hydroxylation sites is 1. The smallest absolute Gasteiger partial charge is 0.160 e. The Labute approximate surface area is 313 Å². The number of nitrogens with zero attached hydrogens (tertiary/aromatic N) is 3. The molecular formula is C50H45N3. The van der Waals surface area contributed by atoms with Crippen LogP contribution in [0.15, 0.2) is 162 Å². The van der Waals surface area contributed by atoms with E-state index in [9.17, 15) is 0 Å². The summed E-state index contributed by atoms with van der Waals surface area (Å²) >= 11 is 0. The molecule has 3 nitrogen and oxygen atoms in total. The summed E-state index contributed by atoms with van der Waals surface area (Å²) in [6.07, 6.45) is 17.5. The van der Waals surface area contributed by atoms with Crippen molar-refractivity contribution in [3.63, 3.8) is 0 Å². The van der Waals surface area contributed by atoms with Gasteiger partial charge in [0.15, 0.2) is 5.84 Å². The van der Waals surface area contributed by atoms with E-state index in [-0.39, 0.29) is 10.8 Å². The van der Waals surface area contributed by atoms with Gasteiger partial charge >= 0.3 is 0 Å². The Morgan fingerprint density at radius 1 is 0.547 bits per heavy atom. The molecular weight excluding hydrogens is 643 g/mol. The van der Waals surface area contributed by atoms with E-state index >= 15 is 0 Å². The van der Waals surface area contributed by atoms with E-state index < -0.39 is 0 Å². The number of amidine groups is 1. The van der Waals surface area contributed by atoms with Gasteiger partial charge in [0.2, 0.25) is 0 Å². The summed E-state index contributed by atoms with van der Waals surface area (Å²) in [5.41, 5.74) is 14.4. The number of hydrogen-bond donors (Lipinski definition) is 0. The Bertz CT molecular complexity index is 2580. The first kappa shape index (κ1) is 33.1. The molecule has 1 aromatic heterocycles. The van der Waals surface area contributed by atoms with E-state index in [4.69, 9.17) is 9.98 Å². The van der Waals surface area contributed by atoms with Crippen LogP contribution in [0.2, 0.25) is 0 Å². The van der Waals surface area contributed by atoms with Crippen LogP contribution in [0, 0.1) is 0 Å². The van der Waals surface area contributed by atoms with E-state index in [2.05, 4.69) is 178 Å². The SMILES string of the molecule is CC1(C)CCC(C)(C)c2cc(C3=C\C=C\C(c4ccc(-c5ccc6c7ccccc7n(C7=CC=CCC7)c6c5)cc4)=N/C(c4ccccc4)=N\3)ccc21. The maximum Gasteiger partial charge on any atom is 0.160 e. The minimum atomic E-state index is 0.122. The third-order valence-corrected chi connectivity index (χ3v) is 11.6. The molecule has 0 fully saturated rings. The van der Waals surface area contributed by atoms with Crippen LogP contribution in [-0.2, 0) is 10.8 Å². The molecule has 2 heterocycles. The van der Waals surface area contributed by atoms with Gasteiger partial charge in [-0.1, -0.05) is 143 Å². The number of rotatable bonds is 5. The fourth-order valence-corrected chi connectivity index (χ4v) is 8.41. The quantitative estimate of drug-likeness (QED) is 0.173. The summed E-state index contributed by atoms with van der Waals surface area (Å²) in [5, 5.41) is 2.58. The molecule has 0 radical (unpaired) electrons. The van der Waals surface area contributed by atoms with Crippen molar-refractivity contribution in [2.45, 2.75) is 64.2 Å². The number of hydrogen-bond acceptors (Lipinski definition) is 2. The minimum Gasteiger partial charge on any atom is -0.313 e. The highest BCUT2D eigenvalue weighted by molar-refractivity contribution is 6.18. The van der Waals surface area contributed by atoms with Crippen LogP contribution in [0.1, 0.15) is 81.2 Å². The predicted octanol–water partition coefficient (Wildman–Crippen LogP) is 12.8. The molecule has 260 valence electrons. The van der Waals surface area contributed by atoms with E-state index in [1.165, 1.54) is 62.6 Å². The molecule has 0 amide bonds. The lowest BCUT2D eigenvalue weighted by Gasteiger charge is -2.42. The van der Waals surface area contributed by atoms with Crippen LogP contribution in [0.25, 0.3) is 44.3 Å². The third kappa shape index (κ3) is 6.04. The standard InChI is InChI=1S/C50H45N3/c1-49(2)30-31-50(3,4)43-32-38(27-29-42(43)49)45-20-13-19-44(51-48(52-45)36-14-7-5-8-15-36)35-24-22-34(23-25-35)37-26-28-41-40-18-11-12-21-46(40)53(47(41)33-37)39-16-9-6-10-17-39/h5-9,11-16,18-29,32-33H,10,17,30-31H2,1-4H3/b19-13+,20-13?,44-19?,45-20+,51-44+,51-48?,52-45?,52-48-. The summed E-state index contributed by atoms with van der Waals surface area (Å²) in [5.74, 6) is 0.711. The van der Waals surface area contributed by atoms with Crippen LogP contribution in [0.4, 0.5) is 0 Å². The Kier molecular flexibility index (Phi) is 8.11. The molecule has 0 saturated heterocycles. The zero-order valence-electron chi connectivity index (χ0n) is 31.1. The largest absolute Gasteiger partial charge is 0.313 e. The summed E-state index contributed by atoms with van der Waals surface area (Å²) in [6, 6.07) is 41.8. The van der Waals surface area contributed by atoms with Gasteiger partial charge in [-0.05, 0) is 95.2 Å². The minimum absolute atomic E-state index is 0.122. The van der Waals surface area contributed by atoms with Gasteiger partial charge in [0.05, 0.1) is 22.4 Å². The highest BCUT2D eigenvalue weighted by atomic mass is 15.0. The fraction of sp³-hybridized carbons (Fsp3) is 0.200. The van der Waals surface area contributed by atoms with Gasteiger partial charge in [-0.2, -0.15) is 0 Å². The third-order valence-electron chi connectivity index (χ3n) is 11.6. The fourth-order valence-electron chi connectivity index (χ4n) is 8.41. The molecule has 6 aromatic rings. The molecule has 0 unspecified atom stereocenters. The van der Waals surface area contributed by atoms with E-state index in [1.54, 1.807) is 0 Å². The molecule has 0 spiro atoms. The van der Waals surface area contributed by atoms with Gasteiger partial charge in [-0.3, -0.25) is 0 Å².